The van der Waals surface area contributed by atoms with E-state index in [0.717, 1.165) is 26.1 Å². The Morgan fingerprint density at radius 3 is 2.85 bits per heavy atom. The van der Waals surface area contributed by atoms with Crippen molar-refractivity contribution in [3.05, 3.63) is 48.0 Å². The summed E-state index contributed by atoms with van der Waals surface area (Å²) in [5.41, 5.74) is 1.37. The summed E-state index contributed by atoms with van der Waals surface area (Å²) in [6.07, 6.45) is 0.932. The van der Waals surface area contributed by atoms with Crippen molar-refractivity contribution in [3.63, 3.8) is 0 Å². The molecule has 3 rings (SSSR count). The topological polar surface area (TPSA) is 15.6 Å². The van der Waals surface area contributed by atoms with Crippen molar-refractivity contribution in [2.24, 2.45) is 4.99 Å². The van der Waals surface area contributed by atoms with E-state index < -0.39 is 0 Å². The molecule has 0 saturated heterocycles. The lowest BCUT2D eigenvalue weighted by molar-refractivity contribution is 0.457. The first kappa shape index (κ1) is 13.6. The van der Waals surface area contributed by atoms with Crippen LogP contribution < -0.4 is 0 Å². The third kappa shape index (κ3) is 2.88. The first-order valence-electron chi connectivity index (χ1n) is 7.13. The minimum absolute atomic E-state index is 0.498. The van der Waals surface area contributed by atoms with Crippen molar-refractivity contribution in [2.45, 2.75) is 18.2 Å². The fraction of sp³-hybridized carbons (Fsp3) is 0.353. The molecule has 0 aliphatic carbocycles. The third-order valence-electron chi connectivity index (χ3n) is 3.73. The second-order valence-corrected chi connectivity index (χ2v) is 6.90. The van der Waals surface area contributed by atoms with Crippen molar-refractivity contribution >= 4 is 32.5 Å². The molecule has 0 saturated carbocycles. The normalized spacial score (nSPS) is 16.5. The number of hydrogen-bond acceptors (Lipinski definition) is 2. The number of hydrogen-bond donors (Lipinski definition) is 0. The monoisotopic (exact) mass is 330 g/mol. The molecule has 1 aliphatic heterocycles. The Kier molecular flexibility index (Phi) is 4.06. The van der Waals surface area contributed by atoms with Gasteiger partial charge in [-0.05, 0) is 16.3 Å². The van der Waals surface area contributed by atoms with Gasteiger partial charge in [-0.2, -0.15) is 0 Å². The van der Waals surface area contributed by atoms with Crippen LogP contribution >= 0.6 is 15.9 Å². The van der Waals surface area contributed by atoms with E-state index in [2.05, 4.69) is 70.2 Å². The highest BCUT2D eigenvalue weighted by atomic mass is 79.9. The summed E-state index contributed by atoms with van der Waals surface area (Å²) < 4.78 is 0. The fourth-order valence-electron chi connectivity index (χ4n) is 2.81. The first-order chi connectivity index (χ1) is 9.74. The Morgan fingerprint density at radius 1 is 1.20 bits per heavy atom. The fourth-order valence-corrected chi connectivity index (χ4v) is 3.16. The summed E-state index contributed by atoms with van der Waals surface area (Å²) in [7, 11) is 0. The van der Waals surface area contributed by atoms with Crippen LogP contribution in [0.5, 0.6) is 0 Å². The number of benzene rings is 2. The molecule has 104 valence electrons. The molecular weight excluding hydrogens is 312 g/mol. The second kappa shape index (κ2) is 5.96. The van der Waals surface area contributed by atoms with E-state index in [1.54, 1.807) is 0 Å². The molecular formula is C17H19BrN2. The van der Waals surface area contributed by atoms with Gasteiger partial charge in [-0.15, -0.1) is 0 Å². The summed E-state index contributed by atoms with van der Waals surface area (Å²) in [5, 5.41) is 2.65. The van der Waals surface area contributed by atoms with Gasteiger partial charge in [0, 0.05) is 24.3 Å². The lowest BCUT2D eigenvalue weighted by atomic mass is 10.0. The number of halogens is 1. The van der Waals surface area contributed by atoms with Crippen LogP contribution in [0.25, 0.3) is 10.8 Å². The zero-order chi connectivity index (χ0) is 13.9. The summed E-state index contributed by atoms with van der Waals surface area (Å²) in [6, 6.07) is 15.1. The molecule has 1 heterocycles. The molecule has 0 fully saturated rings. The van der Waals surface area contributed by atoms with Crippen molar-refractivity contribution in [3.8, 4) is 0 Å². The molecule has 2 aromatic rings. The Hall–Kier alpha value is -1.35. The molecule has 1 aliphatic rings. The summed E-state index contributed by atoms with van der Waals surface area (Å²) in [6.45, 7) is 5.20. The van der Waals surface area contributed by atoms with Gasteiger partial charge in [0.05, 0.1) is 6.54 Å². The van der Waals surface area contributed by atoms with Gasteiger partial charge in [-0.3, -0.25) is 4.99 Å². The van der Waals surface area contributed by atoms with E-state index >= 15 is 0 Å². The van der Waals surface area contributed by atoms with Crippen LogP contribution in [0.4, 0.5) is 0 Å². The van der Waals surface area contributed by atoms with Gasteiger partial charge in [0.15, 0.2) is 0 Å². The van der Waals surface area contributed by atoms with E-state index in [9.17, 15) is 0 Å². The van der Waals surface area contributed by atoms with Crippen molar-refractivity contribution in [2.75, 3.05) is 19.6 Å². The van der Waals surface area contributed by atoms with E-state index in [0.29, 0.717) is 4.83 Å². The number of nitrogens with zero attached hydrogens (tertiary/aromatic N) is 2. The zero-order valence-corrected chi connectivity index (χ0v) is 13.3. The summed E-state index contributed by atoms with van der Waals surface area (Å²) >= 11 is 3.64. The van der Waals surface area contributed by atoms with Gasteiger partial charge in [-0.25, -0.2) is 0 Å². The highest BCUT2D eigenvalue weighted by molar-refractivity contribution is 9.09. The Morgan fingerprint density at radius 2 is 2.00 bits per heavy atom. The predicted molar refractivity (Wildman–Crippen MR) is 89.9 cm³/mol. The van der Waals surface area contributed by atoms with Gasteiger partial charge in [0.2, 0.25) is 0 Å². The van der Waals surface area contributed by atoms with Crippen LogP contribution in [-0.2, 0) is 6.42 Å². The quantitative estimate of drug-likeness (QED) is 0.777. The van der Waals surface area contributed by atoms with Crippen LogP contribution in [0.1, 0.15) is 12.5 Å². The van der Waals surface area contributed by atoms with Crippen LogP contribution in [0.3, 0.4) is 0 Å². The van der Waals surface area contributed by atoms with Crippen LogP contribution in [0.2, 0.25) is 0 Å². The van der Waals surface area contributed by atoms with Crippen molar-refractivity contribution < 1.29 is 0 Å². The molecule has 2 nitrogen and oxygen atoms in total. The zero-order valence-electron chi connectivity index (χ0n) is 11.7. The SMILES string of the molecule is CC(Br)CN1CCN=C1Cc1cccc2ccccc12. The number of aliphatic imine (C=N–C) groups is 1. The molecule has 3 heteroatoms. The maximum Gasteiger partial charge on any atom is 0.103 e. The number of fused-ring (bicyclic) bond motifs is 1. The number of amidine groups is 1. The Balaban J connectivity index is 1.86. The molecule has 1 atom stereocenters. The van der Waals surface area contributed by atoms with Gasteiger partial charge >= 0.3 is 0 Å². The molecule has 20 heavy (non-hydrogen) atoms. The van der Waals surface area contributed by atoms with E-state index in [1.165, 1.54) is 22.2 Å². The highest BCUT2D eigenvalue weighted by Gasteiger charge is 2.18. The molecule has 0 bridgehead atoms. The first-order valence-corrected chi connectivity index (χ1v) is 8.04. The summed E-state index contributed by atoms with van der Waals surface area (Å²) in [5.74, 6) is 1.23. The van der Waals surface area contributed by atoms with Gasteiger partial charge in [0.1, 0.15) is 5.84 Å². The maximum atomic E-state index is 4.69. The average molecular weight is 331 g/mol. The second-order valence-electron chi connectivity index (χ2n) is 5.34. The molecule has 0 amide bonds. The largest absolute Gasteiger partial charge is 0.357 e. The number of rotatable bonds is 4. The average Bonchev–Trinajstić information content (AvgIpc) is 2.86. The standard InChI is InChI=1S/C17H19BrN2/c1-13(18)12-20-10-9-19-17(20)11-15-7-4-6-14-5-2-3-8-16(14)15/h2-8,13H,9-12H2,1H3. The van der Waals surface area contributed by atoms with Gasteiger partial charge < -0.3 is 4.90 Å². The lowest BCUT2D eigenvalue weighted by Crippen LogP contribution is -2.33. The van der Waals surface area contributed by atoms with Gasteiger partial charge in [-0.1, -0.05) is 65.3 Å². The van der Waals surface area contributed by atoms with Crippen LogP contribution in [-0.4, -0.2) is 35.2 Å². The minimum Gasteiger partial charge on any atom is -0.357 e. The third-order valence-corrected chi connectivity index (χ3v) is 4.02. The van der Waals surface area contributed by atoms with E-state index in [-0.39, 0.29) is 0 Å². The van der Waals surface area contributed by atoms with Gasteiger partial charge in [0.25, 0.3) is 0 Å². The maximum absolute atomic E-state index is 4.69. The van der Waals surface area contributed by atoms with Crippen LogP contribution in [0, 0.1) is 0 Å². The lowest BCUT2D eigenvalue weighted by Gasteiger charge is -2.22. The minimum atomic E-state index is 0.498. The van der Waals surface area contributed by atoms with E-state index in [1.807, 2.05) is 0 Å². The van der Waals surface area contributed by atoms with E-state index in [4.69, 9.17) is 4.99 Å². The molecule has 1 unspecified atom stereocenters. The number of alkyl halides is 1. The predicted octanol–water partition coefficient (Wildman–Crippen LogP) is 3.88. The van der Waals surface area contributed by atoms with Crippen molar-refractivity contribution in [1.82, 2.24) is 4.90 Å². The molecule has 2 aromatic carbocycles. The Labute approximate surface area is 128 Å². The molecule has 0 aromatic heterocycles. The summed E-state index contributed by atoms with van der Waals surface area (Å²) in [4.78, 5) is 7.60. The van der Waals surface area contributed by atoms with Crippen molar-refractivity contribution in [1.29, 1.82) is 0 Å². The Bertz CT molecular complexity index is 628. The highest BCUT2D eigenvalue weighted by Crippen LogP contribution is 2.21. The smallest absolute Gasteiger partial charge is 0.103 e. The molecule has 0 N–H and O–H groups in total. The van der Waals surface area contributed by atoms with Crippen LogP contribution in [0.15, 0.2) is 47.5 Å². The molecule has 0 radical (unpaired) electrons. The molecule has 0 spiro atoms.